The molecule has 4 rings (SSSR count). The molecule has 0 radical (unpaired) electrons. The predicted octanol–water partition coefficient (Wildman–Crippen LogP) is 3.57. The van der Waals surface area contributed by atoms with Gasteiger partial charge in [0.15, 0.2) is 5.65 Å². The van der Waals surface area contributed by atoms with Crippen LogP contribution in [0.2, 0.25) is 0 Å². The lowest BCUT2D eigenvalue weighted by molar-refractivity contribution is 0.835. The molecule has 0 aliphatic rings. The number of nitrogens with one attached hydrogen (secondary N) is 2. The number of pyridine rings is 1. The van der Waals surface area contributed by atoms with E-state index in [1.165, 1.54) is 4.52 Å². The molecule has 4 aromatic rings. The van der Waals surface area contributed by atoms with Crippen molar-refractivity contribution in [3.05, 3.63) is 68.4 Å². The summed E-state index contributed by atoms with van der Waals surface area (Å²) in [5.41, 5.74) is 3.20. The number of rotatable bonds is 2. The van der Waals surface area contributed by atoms with Crippen LogP contribution in [-0.4, -0.2) is 24.6 Å². The van der Waals surface area contributed by atoms with Gasteiger partial charge in [0.2, 0.25) is 4.77 Å². The third-order valence-electron chi connectivity index (χ3n) is 3.59. The molecular weight excluding hydrogens is 390 g/mol. The fourth-order valence-corrected chi connectivity index (χ4v) is 2.99. The van der Waals surface area contributed by atoms with Gasteiger partial charge in [0, 0.05) is 10.7 Å². The van der Waals surface area contributed by atoms with E-state index < -0.39 is 0 Å². The molecule has 0 atom stereocenters. The SMILES string of the molecule is O=c1[nH]c(=S)nc2c(-c3ccc(Br)cc3)c(-c3ccccn3)[nH]n12. The van der Waals surface area contributed by atoms with E-state index in [0.29, 0.717) is 17.0 Å². The van der Waals surface area contributed by atoms with E-state index >= 15 is 0 Å². The lowest BCUT2D eigenvalue weighted by atomic mass is 10.0. The molecule has 0 spiro atoms. The topological polar surface area (TPSA) is 78.8 Å². The van der Waals surface area contributed by atoms with Crippen LogP contribution in [0.25, 0.3) is 28.2 Å². The van der Waals surface area contributed by atoms with Crippen LogP contribution in [0.4, 0.5) is 0 Å². The average molecular weight is 400 g/mol. The molecule has 1 aromatic carbocycles. The zero-order chi connectivity index (χ0) is 16.7. The minimum absolute atomic E-state index is 0.143. The lowest BCUT2D eigenvalue weighted by Crippen LogP contribution is -2.18. The highest BCUT2D eigenvalue weighted by Crippen LogP contribution is 2.33. The molecule has 0 saturated heterocycles. The predicted molar refractivity (Wildman–Crippen MR) is 97.4 cm³/mol. The van der Waals surface area contributed by atoms with Crippen LogP contribution in [0.1, 0.15) is 0 Å². The number of nitrogens with zero attached hydrogens (tertiary/aromatic N) is 3. The fraction of sp³-hybridized carbons (Fsp3) is 0. The Morgan fingerprint density at radius 1 is 1.12 bits per heavy atom. The zero-order valence-corrected chi connectivity index (χ0v) is 14.6. The third-order valence-corrected chi connectivity index (χ3v) is 4.31. The molecule has 6 nitrogen and oxygen atoms in total. The van der Waals surface area contributed by atoms with E-state index in [1.54, 1.807) is 6.20 Å². The van der Waals surface area contributed by atoms with E-state index in [1.807, 2.05) is 42.5 Å². The van der Waals surface area contributed by atoms with Gasteiger partial charge in [-0.25, -0.2) is 4.79 Å². The van der Waals surface area contributed by atoms with Crippen molar-refractivity contribution in [2.75, 3.05) is 0 Å². The van der Waals surface area contributed by atoms with Gasteiger partial charge in [-0.05, 0) is 42.0 Å². The monoisotopic (exact) mass is 399 g/mol. The molecule has 8 heteroatoms. The van der Waals surface area contributed by atoms with Gasteiger partial charge in [0.25, 0.3) is 0 Å². The molecular formula is C16H10BrN5OS. The van der Waals surface area contributed by atoms with Crippen molar-refractivity contribution in [3.63, 3.8) is 0 Å². The third kappa shape index (κ3) is 2.49. The van der Waals surface area contributed by atoms with Gasteiger partial charge in [-0.3, -0.25) is 15.1 Å². The first-order valence-electron chi connectivity index (χ1n) is 7.06. The van der Waals surface area contributed by atoms with Crippen molar-refractivity contribution in [1.29, 1.82) is 0 Å². The fourth-order valence-electron chi connectivity index (χ4n) is 2.55. The molecule has 0 amide bonds. The van der Waals surface area contributed by atoms with E-state index in [0.717, 1.165) is 15.6 Å². The number of aromatic amines is 2. The van der Waals surface area contributed by atoms with E-state index in [2.05, 4.69) is 36.0 Å². The standard InChI is InChI=1S/C16H10BrN5OS/c17-10-6-4-9(5-7-10)12-13(11-3-1-2-8-18-11)21-22-14(12)19-15(24)20-16(22)23/h1-8,21H,(H,20,23,24). The molecule has 0 fully saturated rings. The maximum absolute atomic E-state index is 12.2. The summed E-state index contributed by atoms with van der Waals surface area (Å²) in [7, 11) is 0. The van der Waals surface area contributed by atoms with E-state index in [4.69, 9.17) is 12.2 Å². The number of aromatic nitrogens is 5. The van der Waals surface area contributed by atoms with Gasteiger partial charge in [0.05, 0.1) is 17.0 Å². The highest BCUT2D eigenvalue weighted by molar-refractivity contribution is 9.10. The quantitative estimate of drug-likeness (QED) is 0.505. The normalized spacial score (nSPS) is 11.0. The molecule has 0 unspecified atom stereocenters. The highest BCUT2D eigenvalue weighted by Gasteiger charge is 2.18. The molecule has 0 aliphatic carbocycles. The smallest absolute Gasteiger partial charge is 0.285 e. The van der Waals surface area contributed by atoms with Crippen LogP contribution >= 0.6 is 28.1 Å². The summed E-state index contributed by atoms with van der Waals surface area (Å²) in [4.78, 5) is 23.5. The number of benzene rings is 1. The largest absolute Gasteiger partial charge is 0.348 e. The number of hydrogen-bond donors (Lipinski definition) is 2. The van der Waals surface area contributed by atoms with Crippen LogP contribution in [0.15, 0.2) is 57.9 Å². The Kier molecular flexibility index (Phi) is 3.62. The minimum Gasteiger partial charge on any atom is -0.285 e. The molecule has 3 heterocycles. The molecule has 24 heavy (non-hydrogen) atoms. The maximum atomic E-state index is 12.2. The molecule has 3 aromatic heterocycles. The molecule has 0 aliphatic heterocycles. The van der Waals surface area contributed by atoms with E-state index in [-0.39, 0.29) is 10.5 Å². The van der Waals surface area contributed by atoms with Gasteiger partial charge in [0.1, 0.15) is 0 Å². The van der Waals surface area contributed by atoms with Crippen molar-refractivity contribution in [2.24, 2.45) is 0 Å². The second-order valence-corrected chi connectivity index (χ2v) is 6.39. The van der Waals surface area contributed by atoms with Gasteiger partial charge in [-0.2, -0.15) is 9.50 Å². The number of fused-ring (bicyclic) bond motifs is 1. The summed E-state index contributed by atoms with van der Waals surface area (Å²) in [5, 5.41) is 3.08. The van der Waals surface area contributed by atoms with Gasteiger partial charge >= 0.3 is 5.69 Å². The van der Waals surface area contributed by atoms with Crippen LogP contribution in [0, 0.1) is 4.77 Å². The average Bonchev–Trinajstić information content (AvgIpc) is 2.96. The van der Waals surface area contributed by atoms with Crippen molar-refractivity contribution in [3.8, 4) is 22.5 Å². The summed E-state index contributed by atoms with van der Waals surface area (Å²) in [6, 6.07) is 13.4. The Morgan fingerprint density at radius 2 is 1.92 bits per heavy atom. The van der Waals surface area contributed by atoms with Crippen molar-refractivity contribution in [2.45, 2.75) is 0 Å². The Balaban J connectivity index is 2.13. The Morgan fingerprint density at radius 3 is 2.62 bits per heavy atom. The first-order chi connectivity index (χ1) is 11.6. The molecule has 118 valence electrons. The summed E-state index contributed by atoms with van der Waals surface area (Å²) in [6.07, 6.45) is 1.70. The minimum atomic E-state index is -0.370. The van der Waals surface area contributed by atoms with Crippen LogP contribution in [0.3, 0.4) is 0 Å². The van der Waals surface area contributed by atoms with E-state index in [9.17, 15) is 4.79 Å². The second kappa shape index (κ2) is 5.81. The molecule has 0 saturated carbocycles. The Hall–Kier alpha value is -2.58. The van der Waals surface area contributed by atoms with Gasteiger partial charge in [-0.1, -0.05) is 34.1 Å². The van der Waals surface area contributed by atoms with Crippen LogP contribution < -0.4 is 5.69 Å². The summed E-state index contributed by atoms with van der Waals surface area (Å²) in [6.45, 7) is 0. The first-order valence-corrected chi connectivity index (χ1v) is 8.26. The van der Waals surface area contributed by atoms with Crippen molar-refractivity contribution >= 4 is 33.8 Å². The van der Waals surface area contributed by atoms with Gasteiger partial charge in [-0.15, -0.1) is 0 Å². The molecule has 2 N–H and O–H groups in total. The molecule has 0 bridgehead atoms. The zero-order valence-electron chi connectivity index (χ0n) is 12.2. The number of halogens is 1. The Labute approximate surface area is 149 Å². The lowest BCUT2D eigenvalue weighted by Gasteiger charge is -2.03. The van der Waals surface area contributed by atoms with Crippen molar-refractivity contribution < 1.29 is 0 Å². The van der Waals surface area contributed by atoms with Gasteiger partial charge < -0.3 is 0 Å². The summed E-state index contributed by atoms with van der Waals surface area (Å²) >= 11 is 8.50. The number of hydrogen-bond acceptors (Lipinski definition) is 4. The summed E-state index contributed by atoms with van der Waals surface area (Å²) < 4.78 is 2.45. The van der Waals surface area contributed by atoms with Crippen LogP contribution in [-0.2, 0) is 0 Å². The second-order valence-electron chi connectivity index (χ2n) is 5.09. The highest BCUT2D eigenvalue weighted by atomic mass is 79.9. The Bertz CT molecular complexity index is 1150. The maximum Gasteiger partial charge on any atom is 0.348 e. The first kappa shape index (κ1) is 15.0. The van der Waals surface area contributed by atoms with Crippen LogP contribution in [0.5, 0.6) is 0 Å². The number of H-pyrrole nitrogens is 2. The van der Waals surface area contributed by atoms with Crippen molar-refractivity contribution in [1.82, 2.24) is 24.6 Å². The summed E-state index contributed by atoms with van der Waals surface area (Å²) in [5.74, 6) is 0.